The maximum absolute atomic E-state index is 12.3. The molecule has 0 aliphatic carbocycles. The molecule has 34 heavy (non-hydrogen) atoms. The van der Waals surface area contributed by atoms with Gasteiger partial charge in [-0.25, -0.2) is 14.5 Å². The first-order valence-corrected chi connectivity index (χ1v) is 16.5. The first kappa shape index (κ1) is 26.9. The van der Waals surface area contributed by atoms with Crippen molar-refractivity contribution in [2.24, 2.45) is 0 Å². The van der Waals surface area contributed by atoms with Gasteiger partial charge in [0.05, 0.1) is 27.3 Å². The van der Waals surface area contributed by atoms with Crippen LogP contribution in [0.4, 0.5) is 10.6 Å². The highest BCUT2D eigenvalue weighted by Gasteiger charge is 2.34. The number of hydrogen-bond donors (Lipinski definition) is 1. The molecule has 1 fully saturated rings. The van der Waals surface area contributed by atoms with Crippen molar-refractivity contribution in [2.45, 2.75) is 91.0 Å². The van der Waals surface area contributed by atoms with Crippen LogP contribution in [0.5, 0.6) is 0 Å². The quantitative estimate of drug-likeness (QED) is 0.350. The molecule has 0 bridgehead atoms. The minimum absolute atomic E-state index is 0.309. The number of nitrogens with zero attached hydrogens (tertiary/aromatic N) is 4. The second kappa shape index (κ2) is 10.1. The van der Waals surface area contributed by atoms with E-state index in [1.54, 1.807) is 0 Å². The summed E-state index contributed by atoms with van der Waals surface area (Å²) in [6, 6.07) is 1.13. The van der Waals surface area contributed by atoms with E-state index in [-0.39, 0.29) is 11.6 Å². The van der Waals surface area contributed by atoms with E-state index < -0.39 is 13.7 Å². The highest BCUT2D eigenvalue weighted by Crippen LogP contribution is 2.35. The Hall–Kier alpha value is -1.65. The molecule has 0 spiro atoms. The first-order valence-electron chi connectivity index (χ1n) is 12.0. The van der Waals surface area contributed by atoms with E-state index in [1.165, 1.54) is 0 Å². The summed E-state index contributed by atoms with van der Waals surface area (Å²) < 4.78 is 14.3. The largest absolute Gasteiger partial charge is 0.444 e. The van der Waals surface area contributed by atoms with Gasteiger partial charge in [0.15, 0.2) is 0 Å². The third kappa shape index (κ3) is 6.94. The molecular weight excluding hydrogens is 514 g/mol. The number of halogens is 1. The van der Waals surface area contributed by atoms with E-state index in [2.05, 4.69) is 57.8 Å². The third-order valence-corrected chi connectivity index (χ3v) is 8.71. The van der Waals surface area contributed by atoms with Gasteiger partial charge in [0.2, 0.25) is 0 Å². The number of aromatic nitrogens is 3. The van der Waals surface area contributed by atoms with Gasteiger partial charge >= 0.3 is 6.09 Å². The van der Waals surface area contributed by atoms with Crippen LogP contribution in [-0.2, 0) is 16.2 Å². The van der Waals surface area contributed by atoms with Crippen LogP contribution in [0.15, 0.2) is 10.7 Å². The fourth-order valence-electron chi connectivity index (χ4n) is 3.98. The Balaban J connectivity index is 1.72. The molecule has 0 radical (unpaired) electrons. The Morgan fingerprint density at radius 3 is 2.50 bits per heavy atom. The molecule has 3 rings (SSSR count). The second-order valence-electron chi connectivity index (χ2n) is 11.8. The van der Waals surface area contributed by atoms with Crippen molar-refractivity contribution in [3.8, 4) is 0 Å². The summed E-state index contributed by atoms with van der Waals surface area (Å²) in [6.07, 6.45) is 3.13. The number of hydrogen-bond acceptors (Lipinski definition) is 6. The zero-order valence-electron chi connectivity index (χ0n) is 21.9. The minimum atomic E-state index is -1.13. The van der Waals surface area contributed by atoms with Crippen molar-refractivity contribution in [1.29, 1.82) is 0 Å². The average Bonchev–Trinajstić information content (AvgIpc) is 3.10. The Labute approximate surface area is 212 Å². The Morgan fingerprint density at radius 1 is 1.26 bits per heavy atom. The van der Waals surface area contributed by atoms with Crippen LogP contribution in [0.1, 0.15) is 46.2 Å². The normalized spacial score (nSPS) is 16.7. The second-order valence-corrected chi connectivity index (χ2v) is 18.2. The Morgan fingerprint density at radius 2 is 1.91 bits per heavy atom. The van der Waals surface area contributed by atoms with E-state index >= 15 is 0 Å². The maximum Gasteiger partial charge on any atom is 0.408 e. The maximum atomic E-state index is 12.3. The number of piperidine rings is 1. The van der Waals surface area contributed by atoms with Crippen molar-refractivity contribution in [2.75, 3.05) is 24.6 Å². The number of fused-ring (bicyclic) bond motifs is 1. The van der Waals surface area contributed by atoms with Gasteiger partial charge in [-0.2, -0.15) is 5.10 Å². The van der Waals surface area contributed by atoms with Crippen LogP contribution in [0.25, 0.3) is 10.9 Å². The molecule has 0 atom stereocenters. The SMILES string of the molecule is Cc1nc(N2CCC(C)(NC(=O)OC(C)(C)C)CC2)c2cnn(COCC[Si](C)(C)C)c2c1Br. The molecule has 1 amide bonds. The summed E-state index contributed by atoms with van der Waals surface area (Å²) in [4.78, 5) is 19.5. The lowest BCUT2D eigenvalue weighted by molar-refractivity contribution is 0.0448. The van der Waals surface area contributed by atoms with Gasteiger partial charge in [-0.3, -0.25) is 0 Å². The number of anilines is 1. The van der Waals surface area contributed by atoms with E-state index in [9.17, 15) is 4.79 Å². The van der Waals surface area contributed by atoms with Crippen LogP contribution >= 0.6 is 15.9 Å². The van der Waals surface area contributed by atoms with Crippen LogP contribution in [0, 0.1) is 6.92 Å². The van der Waals surface area contributed by atoms with Crippen LogP contribution in [0.3, 0.4) is 0 Å². The zero-order chi connectivity index (χ0) is 25.3. The van der Waals surface area contributed by atoms with E-state index in [1.807, 2.05) is 38.6 Å². The van der Waals surface area contributed by atoms with Crippen LogP contribution < -0.4 is 10.2 Å². The lowest BCUT2D eigenvalue weighted by atomic mass is 9.89. The average molecular weight is 555 g/mol. The molecular formula is C24H40BrN5O3Si. The topological polar surface area (TPSA) is 81.5 Å². The molecule has 2 aromatic heterocycles. The van der Waals surface area contributed by atoms with Gasteiger partial charge in [-0.05, 0) is 69.4 Å². The molecule has 1 aliphatic heterocycles. The minimum Gasteiger partial charge on any atom is -0.444 e. The standard InChI is InChI=1S/C24H40BrN5O3Si/c1-17-19(25)20-18(15-26-30(20)16-32-13-14-34(6,7)8)21(27-17)29-11-9-24(5,10-12-29)28-22(31)33-23(2,3)4/h15H,9-14,16H2,1-8H3,(H,28,31). The Bertz CT molecular complexity index is 1020. The summed E-state index contributed by atoms with van der Waals surface area (Å²) in [5, 5.41) is 8.71. The summed E-state index contributed by atoms with van der Waals surface area (Å²) in [6.45, 7) is 19.5. The van der Waals surface area contributed by atoms with Crippen molar-refractivity contribution >= 4 is 46.8 Å². The van der Waals surface area contributed by atoms with E-state index in [4.69, 9.17) is 14.5 Å². The number of ether oxygens (including phenoxy) is 2. The zero-order valence-corrected chi connectivity index (χ0v) is 24.5. The summed E-state index contributed by atoms with van der Waals surface area (Å²) >= 11 is 3.73. The van der Waals surface area contributed by atoms with Crippen LogP contribution in [-0.4, -0.2) is 59.8 Å². The fourth-order valence-corrected chi connectivity index (χ4v) is 5.24. The highest BCUT2D eigenvalue weighted by molar-refractivity contribution is 9.10. The van der Waals surface area contributed by atoms with Gasteiger partial charge in [-0.15, -0.1) is 0 Å². The molecule has 3 heterocycles. The van der Waals surface area contributed by atoms with Gasteiger partial charge < -0.3 is 19.7 Å². The van der Waals surface area contributed by atoms with Crippen molar-refractivity contribution < 1.29 is 14.3 Å². The van der Waals surface area contributed by atoms with E-state index in [0.717, 1.165) is 65.5 Å². The molecule has 1 N–H and O–H groups in total. The van der Waals surface area contributed by atoms with Gasteiger partial charge in [-0.1, -0.05) is 19.6 Å². The molecule has 8 nitrogen and oxygen atoms in total. The molecule has 0 saturated carbocycles. The molecule has 1 aliphatic rings. The molecule has 190 valence electrons. The summed E-state index contributed by atoms with van der Waals surface area (Å²) in [7, 11) is -1.13. The highest BCUT2D eigenvalue weighted by atomic mass is 79.9. The smallest absolute Gasteiger partial charge is 0.408 e. The number of rotatable bonds is 7. The summed E-state index contributed by atoms with van der Waals surface area (Å²) in [5.74, 6) is 0.934. The fraction of sp³-hybridized carbons (Fsp3) is 0.708. The van der Waals surface area contributed by atoms with Gasteiger partial charge in [0.25, 0.3) is 0 Å². The molecule has 2 aromatic rings. The van der Waals surface area contributed by atoms with Gasteiger partial charge in [0.1, 0.15) is 18.1 Å². The monoisotopic (exact) mass is 553 g/mol. The van der Waals surface area contributed by atoms with Crippen molar-refractivity contribution in [3.63, 3.8) is 0 Å². The molecule has 0 aromatic carbocycles. The number of alkyl carbamates (subject to hydrolysis) is 1. The first-order chi connectivity index (χ1) is 15.7. The van der Waals surface area contributed by atoms with Crippen LogP contribution in [0.2, 0.25) is 25.7 Å². The lowest BCUT2D eigenvalue weighted by Crippen LogP contribution is -2.54. The van der Waals surface area contributed by atoms with E-state index in [0.29, 0.717) is 6.73 Å². The number of pyridine rings is 1. The predicted octanol–water partition coefficient (Wildman–Crippen LogP) is 5.70. The molecule has 10 heteroatoms. The van der Waals surface area contributed by atoms with Crippen molar-refractivity contribution in [1.82, 2.24) is 20.1 Å². The number of amides is 1. The summed E-state index contributed by atoms with van der Waals surface area (Å²) in [5.41, 5.74) is 1.11. The van der Waals surface area contributed by atoms with Gasteiger partial charge in [0, 0.05) is 33.3 Å². The number of nitrogens with one attached hydrogen (secondary N) is 1. The van der Waals surface area contributed by atoms with Crippen molar-refractivity contribution in [3.05, 3.63) is 16.4 Å². The number of aryl methyl sites for hydroxylation is 1. The number of carbonyl (C=O) groups is 1. The number of carbonyl (C=O) groups excluding carboxylic acids is 1. The Kier molecular flexibility index (Phi) is 8.04. The molecule has 1 saturated heterocycles. The lowest BCUT2D eigenvalue weighted by Gasteiger charge is -2.40. The third-order valence-electron chi connectivity index (χ3n) is 6.06. The molecule has 0 unspecified atom stereocenters. The predicted molar refractivity (Wildman–Crippen MR) is 143 cm³/mol.